The van der Waals surface area contributed by atoms with Crippen molar-refractivity contribution in [3.63, 3.8) is 0 Å². The van der Waals surface area contributed by atoms with Gasteiger partial charge in [-0.2, -0.15) is 0 Å². The molecular weight excluding hydrogens is 398 g/mol. The number of carbonyl (C=O) groups is 1. The lowest BCUT2D eigenvalue weighted by atomic mass is 10.1. The summed E-state index contributed by atoms with van der Waals surface area (Å²) in [4.78, 5) is 35.3. The molecule has 0 bridgehead atoms. The van der Waals surface area contributed by atoms with Gasteiger partial charge in [-0.1, -0.05) is 29.8 Å². The van der Waals surface area contributed by atoms with Crippen LogP contribution in [-0.2, 0) is 11.3 Å². The minimum Gasteiger partial charge on any atom is -0.462 e. The molecule has 0 aliphatic carbocycles. The van der Waals surface area contributed by atoms with Crippen LogP contribution in [0.5, 0.6) is 0 Å². The Morgan fingerprint density at radius 1 is 1.39 bits per heavy atom. The largest absolute Gasteiger partial charge is 0.462 e. The first-order valence-corrected chi connectivity index (χ1v) is 10.2. The number of aromatic amines is 1. The van der Waals surface area contributed by atoms with Crippen LogP contribution in [0.3, 0.4) is 0 Å². The maximum atomic E-state index is 12.7. The molecule has 1 unspecified atom stereocenters. The molecule has 0 amide bonds. The monoisotopic (exact) mass is 419 g/mol. The van der Waals surface area contributed by atoms with Gasteiger partial charge in [0.2, 0.25) is 0 Å². The third-order valence-corrected chi connectivity index (χ3v) is 6.25. The molecule has 1 N–H and O–H groups in total. The minimum absolute atomic E-state index is 0.151. The fourth-order valence-corrected chi connectivity index (χ4v) is 4.27. The van der Waals surface area contributed by atoms with Crippen molar-refractivity contribution in [1.29, 1.82) is 0 Å². The van der Waals surface area contributed by atoms with E-state index in [2.05, 4.69) is 14.9 Å². The van der Waals surface area contributed by atoms with Crippen molar-refractivity contribution in [2.24, 2.45) is 0 Å². The molecule has 0 spiro atoms. The van der Waals surface area contributed by atoms with Crippen LogP contribution >= 0.6 is 22.9 Å². The van der Waals surface area contributed by atoms with Gasteiger partial charge in [0.1, 0.15) is 15.5 Å². The van der Waals surface area contributed by atoms with Crippen molar-refractivity contribution >= 4 is 39.1 Å². The first kappa shape index (κ1) is 20.5. The number of rotatable bonds is 6. The molecule has 2 aromatic heterocycles. The first-order chi connectivity index (χ1) is 13.3. The van der Waals surface area contributed by atoms with Gasteiger partial charge in [0.25, 0.3) is 5.56 Å². The van der Waals surface area contributed by atoms with Crippen molar-refractivity contribution in [2.45, 2.75) is 33.4 Å². The SMILES string of the molecule is CCOC(=O)c1sc2nc(C(C)N(C)Cc3ccccc3Cl)[nH]c(=O)c2c1C. The van der Waals surface area contributed by atoms with Crippen molar-refractivity contribution < 1.29 is 9.53 Å². The lowest BCUT2D eigenvalue weighted by Crippen LogP contribution is -2.26. The van der Waals surface area contributed by atoms with E-state index >= 15 is 0 Å². The molecule has 8 heteroatoms. The summed E-state index contributed by atoms with van der Waals surface area (Å²) >= 11 is 7.45. The van der Waals surface area contributed by atoms with Gasteiger partial charge >= 0.3 is 5.97 Å². The zero-order valence-electron chi connectivity index (χ0n) is 16.2. The Balaban J connectivity index is 1.93. The summed E-state index contributed by atoms with van der Waals surface area (Å²) in [6, 6.07) is 7.51. The van der Waals surface area contributed by atoms with E-state index in [1.54, 1.807) is 13.8 Å². The van der Waals surface area contributed by atoms with E-state index in [4.69, 9.17) is 16.3 Å². The van der Waals surface area contributed by atoms with Gasteiger partial charge in [0.15, 0.2) is 0 Å². The van der Waals surface area contributed by atoms with Gasteiger partial charge in [-0.05, 0) is 45.0 Å². The number of H-pyrrole nitrogens is 1. The van der Waals surface area contributed by atoms with Crippen LogP contribution in [0.25, 0.3) is 10.2 Å². The summed E-state index contributed by atoms with van der Waals surface area (Å²) in [5.41, 5.74) is 1.36. The summed E-state index contributed by atoms with van der Waals surface area (Å²) in [5, 5.41) is 1.14. The average Bonchev–Trinajstić information content (AvgIpc) is 3.00. The van der Waals surface area contributed by atoms with Crippen LogP contribution in [0.1, 0.15) is 46.5 Å². The molecule has 0 radical (unpaired) electrons. The lowest BCUT2D eigenvalue weighted by Gasteiger charge is -2.24. The van der Waals surface area contributed by atoms with E-state index in [0.717, 1.165) is 5.56 Å². The summed E-state index contributed by atoms with van der Waals surface area (Å²) in [7, 11) is 1.95. The number of aryl methyl sites for hydroxylation is 1. The molecule has 6 nitrogen and oxygen atoms in total. The highest BCUT2D eigenvalue weighted by atomic mass is 35.5. The number of aromatic nitrogens is 2. The van der Waals surface area contributed by atoms with E-state index in [9.17, 15) is 9.59 Å². The predicted octanol–water partition coefficient (Wildman–Crippen LogP) is 4.32. The molecule has 1 aromatic carbocycles. The summed E-state index contributed by atoms with van der Waals surface area (Å²) < 4.78 is 5.08. The van der Waals surface area contributed by atoms with Crippen molar-refractivity contribution in [2.75, 3.05) is 13.7 Å². The van der Waals surface area contributed by atoms with Crippen molar-refractivity contribution in [3.05, 3.63) is 61.5 Å². The number of carbonyl (C=O) groups excluding carboxylic acids is 1. The zero-order chi connectivity index (χ0) is 20.4. The third kappa shape index (κ3) is 3.97. The molecular formula is C20H22ClN3O3S. The van der Waals surface area contributed by atoms with Crippen LogP contribution in [0.2, 0.25) is 5.02 Å². The maximum absolute atomic E-state index is 12.7. The summed E-state index contributed by atoms with van der Waals surface area (Å²) in [5.74, 6) is 0.122. The van der Waals surface area contributed by atoms with Gasteiger partial charge in [0.05, 0.1) is 18.0 Å². The van der Waals surface area contributed by atoms with Gasteiger partial charge in [-0.15, -0.1) is 11.3 Å². The maximum Gasteiger partial charge on any atom is 0.348 e. The lowest BCUT2D eigenvalue weighted by molar-refractivity contribution is 0.0531. The molecule has 3 rings (SSSR count). The topological polar surface area (TPSA) is 75.3 Å². The predicted molar refractivity (Wildman–Crippen MR) is 112 cm³/mol. The van der Waals surface area contributed by atoms with Gasteiger partial charge in [-0.3, -0.25) is 9.69 Å². The number of esters is 1. The van der Waals surface area contributed by atoms with Crippen molar-refractivity contribution in [3.8, 4) is 0 Å². The molecule has 0 aliphatic heterocycles. The van der Waals surface area contributed by atoms with Gasteiger partial charge < -0.3 is 9.72 Å². The number of thiophene rings is 1. The second-order valence-electron chi connectivity index (χ2n) is 6.59. The number of nitrogens with one attached hydrogen (secondary N) is 1. The summed E-state index contributed by atoms with van der Waals surface area (Å²) in [6.45, 7) is 6.36. The van der Waals surface area contributed by atoms with Crippen LogP contribution in [0.15, 0.2) is 29.1 Å². The summed E-state index contributed by atoms with van der Waals surface area (Å²) in [6.07, 6.45) is 0. The molecule has 1 atom stereocenters. The highest BCUT2D eigenvalue weighted by molar-refractivity contribution is 7.20. The quantitative estimate of drug-likeness (QED) is 0.602. The second-order valence-corrected chi connectivity index (χ2v) is 8.00. The smallest absolute Gasteiger partial charge is 0.348 e. The highest BCUT2D eigenvalue weighted by Gasteiger charge is 2.22. The molecule has 0 fully saturated rings. The molecule has 28 heavy (non-hydrogen) atoms. The Kier molecular flexibility index (Phi) is 6.17. The first-order valence-electron chi connectivity index (χ1n) is 8.97. The Morgan fingerprint density at radius 3 is 2.79 bits per heavy atom. The number of hydrogen-bond acceptors (Lipinski definition) is 6. The fourth-order valence-electron chi connectivity index (χ4n) is 2.99. The Hall–Kier alpha value is -2.22. The molecule has 0 aliphatic rings. The van der Waals surface area contributed by atoms with Crippen LogP contribution in [0.4, 0.5) is 0 Å². The van der Waals surface area contributed by atoms with Gasteiger partial charge in [0, 0.05) is 11.6 Å². The van der Waals surface area contributed by atoms with Crippen molar-refractivity contribution in [1.82, 2.24) is 14.9 Å². The second kappa shape index (κ2) is 8.43. The van der Waals surface area contributed by atoms with E-state index in [1.807, 2.05) is 38.2 Å². The van der Waals surface area contributed by atoms with Gasteiger partial charge in [-0.25, -0.2) is 9.78 Å². The minimum atomic E-state index is -0.423. The molecule has 3 aromatic rings. The molecule has 0 saturated heterocycles. The number of nitrogens with zero attached hydrogens (tertiary/aromatic N) is 2. The number of halogens is 1. The van der Waals surface area contributed by atoms with Crippen LogP contribution in [-0.4, -0.2) is 34.5 Å². The third-order valence-electron chi connectivity index (χ3n) is 4.71. The van der Waals surface area contributed by atoms with Crippen LogP contribution in [0, 0.1) is 6.92 Å². The fraction of sp³-hybridized carbons (Fsp3) is 0.350. The Morgan fingerprint density at radius 2 is 2.11 bits per heavy atom. The number of hydrogen-bond donors (Lipinski definition) is 1. The Labute approximate surface area is 172 Å². The standard InChI is InChI=1S/C20H22ClN3O3S/c1-5-27-20(26)16-11(2)15-18(25)22-17(23-19(15)28-16)12(3)24(4)10-13-8-6-7-9-14(13)21/h6-9,12H,5,10H2,1-4H3,(H,22,23,25). The van der Waals surface area contributed by atoms with Crippen LogP contribution < -0.4 is 5.56 Å². The average molecular weight is 420 g/mol. The number of ether oxygens (including phenoxy) is 1. The molecule has 2 heterocycles. The van der Waals surface area contributed by atoms with E-state index in [1.165, 1.54) is 11.3 Å². The molecule has 0 saturated carbocycles. The highest BCUT2D eigenvalue weighted by Crippen LogP contribution is 2.29. The molecule has 148 valence electrons. The zero-order valence-corrected chi connectivity index (χ0v) is 17.8. The normalized spacial score (nSPS) is 12.5. The number of benzene rings is 1. The van der Waals surface area contributed by atoms with E-state index < -0.39 is 5.97 Å². The Bertz CT molecular complexity index is 1080. The number of fused-ring (bicyclic) bond motifs is 1. The van der Waals surface area contributed by atoms with E-state index in [-0.39, 0.29) is 18.2 Å². The van der Waals surface area contributed by atoms with E-state index in [0.29, 0.717) is 38.0 Å².